The fourth-order valence-electron chi connectivity index (χ4n) is 3.46. The van der Waals surface area contributed by atoms with Crippen molar-refractivity contribution in [2.24, 2.45) is 5.92 Å². The zero-order chi connectivity index (χ0) is 17.1. The molecule has 1 aromatic carbocycles. The number of piperidine rings is 1. The molecule has 1 saturated heterocycles. The van der Waals surface area contributed by atoms with Crippen molar-refractivity contribution >= 4 is 17.6 Å². The average molecular weight is 331 g/mol. The second kappa shape index (κ2) is 7.21. The largest absolute Gasteiger partial charge is 0.396 e. The molecule has 2 N–H and O–H groups in total. The average Bonchev–Trinajstić information content (AvgIpc) is 3.05. The van der Waals surface area contributed by atoms with Crippen molar-refractivity contribution in [2.75, 3.05) is 31.1 Å². The monoisotopic (exact) mass is 331 g/mol. The van der Waals surface area contributed by atoms with E-state index in [1.54, 1.807) is 16.7 Å². The molecule has 6 nitrogen and oxygen atoms in total. The lowest BCUT2D eigenvalue weighted by Gasteiger charge is -2.32. The number of amides is 3. The Morgan fingerprint density at radius 2 is 1.96 bits per heavy atom. The molecule has 0 saturated carbocycles. The Morgan fingerprint density at radius 3 is 2.67 bits per heavy atom. The number of likely N-dealkylation sites (tertiary alicyclic amines) is 1. The minimum Gasteiger partial charge on any atom is -0.396 e. The Kier molecular flexibility index (Phi) is 5.04. The van der Waals surface area contributed by atoms with Crippen LogP contribution in [0.1, 0.15) is 25.3 Å². The van der Waals surface area contributed by atoms with Gasteiger partial charge in [-0.25, -0.2) is 4.79 Å². The van der Waals surface area contributed by atoms with Crippen molar-refractivity contribution in [3.8, 4) is 0 Å². The van der Waals surface area contributed by atoms with Crippen LogP contribution in [0.25, 0.3) is 0 Å². The summed E-state index contributed by atoms with van der Waals surface area (Å²) < 4.78 is 0. The number of anilines is 1. The molecule has 2 aliphatic heterocycles. The predicted octanol–water partition coefficient (Wildman–Crippen LogP) is 1.38. The number of hydrogen-bond acceptors (Lipinski definition) is 3. The molecule has 0 aliphatic carbocycles. The number of benzene rings is 1. The van der Waals surface area contributed by atoms with Crippen LogP contribution >= 0.6 is 0 Å². The molecule has 0 bridgehead atoms. The Hall–Kier alpha value is -2.08. The molecule has 1 fully saturated rings. The maximum absolute atomic E-state index is 12.7. The summed E-state index contributed by atoms with van der Waals surface area (Å²) in [6, 6.07) is 7.15. The molecule has 0 aromatic heterocycles. The number of aliphatic hydroxyl groups excluding tert-OH is 1. The van der Waals surface area contributed by atoms with E-state index in [1.807, 2.05) is 24.3 Å². The van der Waals surface area contributed by atoms with Gasteiger partial charge in [-0.05, 0) is 43.7 Å². The van der Waals surface area contributed by atoms with Gasteiger partial charge in [0, 0.05) is 31.9 Å². The van der Waals surface area contributed by atoms with Gasteiger partial charge in [0.05, 0.1) is 0 Å². The third-order valence-electron chi connectivity index (χ3n) is 5.02. The molecule has 0 spiro atoms. The van der Waals surface area contributed by atoms with E-state index in [-0.39, 0.29) is 24.5 Å². The number of nitrogens with one attached hydrogen (secondary N) is 1. The van der Waals surface area contributed by atoms with E-state index in [2.05, 4.69) is 5.32 Å². The van der Waals surface area contributed by atoms with Gasteiger partial charge in [0.25, 0.3) is 0 Å². The van der Waals surface area contributed by atoms with Crippen molar-refractivity contribution < 1.29 is 14.7 Å². The van der Waals surface area contributed by atoms with Crippen LogP contribution in [-0.2, 0) is 11.2 Å². The van der Waals surface area contributed by atoms with Gasteiger partial charge in [-0.15, -0.1) is 0 Å². The second-order valence-corrected chi connectivity index (χ2v) is 6.65. The summed E-state index contributed by atoms with van der Waals surface area (Å²) in [5, 5.41) is 12.0. The quantitative estimate of drug-likeness (QED) is 0.879. The van der Waals surface area contributed by atoms with Crippen molar-refractivity contribution in [3.05, 3.63) is 29.8 Å². The third-order valence-corrected chi connectivity index (χ3v) is 5.02. The van der Waals surface area contributed by atoms with E-state index in [4.69, 9.17) is 5.11 Å². The molecule has 1 atom stereocenters. The molecule has 24 heavy (non-hydrogen) atoms. The molecular formula is C18H25N3O3. The first-order valence-electron chi connectivity index (χ1n) is 8.65. The van der Waals surface area contributed by atoms with Gasteiger partial charge < -0.3 is 20.2 Å². The normalized spacial score (nSPS) is 19.1. The van der Waals surface area contributed by atoms with E-state index in [1.165, 1.54) is 5.56 Å². The fourth-order valence-corrected chi connectivity index (χ4v) is 3.46. The smallest absolute Gasteiger partial charge is 0.318 e. The minimum atomic E-state index is -0.556. The van der Waals surface area contributed by atoms with Crippen molar-refractivity contribution in [3.63, 3.8) is 0 Å². The predicted molar refractivity (Wildman–Crippen MR) is 91.9 cm³/mol. The first kappa shape index (κ1) is 16.8. The molecule has 3 amide bonds. The van der Waals surface area contributed by atoms with Crippen LogP contribution in [0.15, 0.2) is 24.3 Å². The van der Waals surface area contributed by atoms with Crippen molar-refractivity contribution in [2.45, 2.75) is 32.2 Å². The fraction of sp³-hybridized carbons (Fsp3) is 0.556. The Balaban J connectivity index is 1.56. The van der Waals surface area contributed by atoms with Crippen molar-refractivity contribution in [1.82, 2.24) is 10.2 Å². The van der Waals surface area contributed by atoms with Gasteiger partial charge >= 0.3 is 6.03 Å². The number of carbonyl (C=O) groups is 2. The first-order chi connectivity index (χ1) is 11.6. The van der Waals surface area contributed by atoms with Crippen LogP contribution in [0.2, 0.25) is 0 Å². The van der Waals surface area contributed by atoms with Crippen LogP contribution in [0.3, 0.4) is 0 Å². The molecule has 2 aliphatic rings. The summed E-state index contributed by atoms with van der Waals surface area (Å²) in [4.78, 5) is 28.5. The Morgan fingerprint density at radius 1 is 1.25 bits per heavy atom. The summed E-state index contributed by atoms with van der Waals surface area (Å²) in [5.74, 6) is 0.216. The number of aliphatic hydroxyl groups is 1. The highest BCUT2D eigenvalue weighted by Gasteiger charge is 2.30. The maximum Gasteiger partial charge on any atom is 0.318 e. The highest BCUT2D eigenvalue weighted by molar-refractivity contribution is 6.00. The lowest BCUT2D eigenvalue weighted by molar-refractivity contribution is -0.120. The number of hydrogen-bond donors (Lipinski definition) is 2. The van der Waals surface area contributed by atoms with Crippen LogP contribution in [-0.4, -0.2) is 54.2 Å². The maximum atomic E-state index is 12.7. The Labute approximate surface area is 142 Å². The molecule has 0 radical (unpaired) electrons. The summed E-state index contributed by atoms with van der Waals surface area (Å²) in [5.41, 5.74) is 2.13. The number of carbonyl (C=O) groups excluding carboxylic acids is 2. The van der Waals surface area contributed by atoms with Gasteiger partial charge in [0.2, 0.25) is 5.91 Å². The van der Waals surface area contributed by atoms with Gasteiger partial charge in [0.15, 0.2) is 0 Å². The SMILES string of the molecule is CC(NC(=O)N1CCC(CO)CC1)C(=O)N1CCc2ccccc21. The van der Waals surface area contributed by atoms with Crippen LogP contribution in [0.5, 0.6) is 0 Å². The summed E-state index contributed by atoms with van der Waals surface area (Å²) in [7, 11) is 0. The van der Waals surface area contributed by atoms with Gasteiger partial charge in [-0.2, -0.15) is 0 Å². The zero-order valence-electron chi connectivity index (χ0n) is 14.1. The standard InChI is InChI=1S/C18H25N3O3/c1-13(19-18(24)20-9-6-14(12-22)7-10-20)17(23)21-11-8-15-4-2-3-5-16(15)21/h2-5,13-14,22H,6-12H2,1H3,(H,19,24). The number of rotatable bonds is 3. The van der Waals surface area contributed by atoms with Crippen LogP contribution < -0.4 is 10.2 Å². The van der Waals surface area contributed by atoms with E-state index in [0.29, 0.717) is 19.6 Å². The van der Waals surface area contributed by atoms with Crippen LogP contribution in [0, 0.1) is 5.92 Å². The highest BCUT2D eigenvalue weighted by Crippen LogP contribution is 2.27. The number of para-hydroxylation sites is 1. The number of fused-ring (bicyclic) bond motifs is 1. The Bertz CT molecular complexity index is 611. The van der Waals surface area contributed by atoms with Gasteiger partial charge in [-0.1, -0.05) is 18.2 Å². The third kappa shape index (κ3) is 3.38. The molecule has 1 unspecified atom stereocenters. The van der Waals surface area contributed by atoms with E-state index in [0.717, 1.165) is 24.9 Å². The molecule has 130 valence electrons. The van der Waals surface area contributed by atoms with Gasteiger partial charge in [-0.3, -0.25) is 4.79 Å². The summed E-state index contributed by atoms with van der Waals surface area (Å²) in [6.07, 6.45) is 2.48. The summed E-state index contributed by atoms with van der Waals surface area (Å²) in [6.45, 7) is 3.84. The van der Waals surface area contributed by atoms with Gasteiger partial charge in [0.1, 0.15) is 6.04 Å². The second-order valence-electron chi connectivity index (χ2n) is 6.65. The topological polar surface area (TPSA) is 72.9 Å². The first-order valence-corrected chi connectivity index (χ1v) is 8.65. The zero-order valence-corrected chi connectivity index (χ0v) is 14.1. The molecule has 2 heterocycles. The highest BCUT2D eigenvalue weighted by atomic mass is 16.3. The lowest BCUT2D eigenvalue weighted by Crippen LogP contribution is -2.52. The lowest BCUT2D eigenvalue weighted by atomic mass is 9.98. The number of urea groups is 1. The minimum absolute atomic E-state index is 0.0708. The van der Waals surface area contributed by atoms with E-state index < -0.39 is 6.04 Å². The van der Waals surface area contributed by atoms with E-state index >= 15 is 0 Å². The molecular weight excluding hydrogens is 306 g/mol. The molecule has 6 heteroatoms. The van der Waals surface area contributed by atoms with Crippen molar-refractivity contribution in [1.29, 1.82) is 0 Å². The molecule has 3 rings (SSSR count). The van der Waals surface area contributed by atoms with E-state index in [9.17, 15) is 9.59 Å². The number of nitrogens with zero attached hydrogens (tertiary/aromatic N) is 2. The molecule has 1 aromatic rings. The summed E-state index contributed by atoms with van der Waals surface area (Å²) >= 11 is 0. The van der Waals surface area contributed by atoms with Crippen LogP contribution in [0.4, 0.5) is 10.5 Å².